The molecule has 0 saturated heterocycles. The first-order valence-corrected chi connectivity index (χ1v) is 11.9. The highest BCUT2D eigenvalue weighted by Gasteiger charge is 2.14. The van der Waals surface area contributed by atoms with Crippen LogP contribution in [0.1, 0.15) is 139 Å². The molecule has 1 N–H and O–H groups in total. The molecule has 160 valence electrons. The number of hydrogen-bond acceptors (Lipinski definition) is 2. The lowest BCUT2D eigenvalue weighted by Gasteiger charge is -2.14. The largest absolute Gasteiger partial charge is 0.388 e. The van der Waals surface area contributed by atoms with Gasteiger partial charge >= 0.3 is 0 Å². The zero-order chi connectivity index (χ0) is 20.5. The van der Waals surface area contributed by atoms with E-state index >= 15 is 0 Å². The van der Waals surface area contributed by atoms with Crippen molar-refractivity contribution in [3.05, 3.63) is 35.4 Å². The van der Waals surface area contributed by atoms with E-state index in [1.54, 1.807) is 6.92 Å². The van der Waals surface area contributed by atoms with Crippen molar-refractivity contribution in [1.29, 1.82) is 0 Å². The molecule has 0 bridgehead atoms. The van der Waals surface area contributed by atoms with Crippen LogP contribution in [0.25, 0.3) is 0 Å². The van der Waals surface area contributed by atoms with Crippen LogP contribution in [0, 0.1) is 0 Å². The Bertz CT molecular complexity index is 509. The third-order valence-corrected chi connectivity index (χ3v) is 5.78. The van der Waals surface area contributed by atoms with Gasteiger partial charge < -0.3 is 5.11 Å². The van der Waals surface area contributed by atoms with Crippen LogP contribution in [0.4, 0.5) is 0 Å². The van der Waals surface area contributed by atoms with Gasteiger partial charge in [-0.05, 0) is 18.9 Å². The number of carbonyl (C=O) groups excluding carboxylic acids is 1. The van der Waals surface area contributed by atoms with E-state index in [-0.39, 0.29) is 5.78 Å². The molecule has 0 saturated carbocycles. The van der Waals surface area contributed by atoms with E-state index in [4.69, 9.17) is 0 Å². The van der Waals surface area contributed by atoms with Crippen LogP contribution in [0.5, 0.6) is 0 Å². The molecule has 2 heteroatoms. The van der Waals surface area contributed by atoms with Crippen molar-refractivity contribution in [2.45, 2.75) is 123 Å². The van der Waals surface area contributed by atoms with Crippen molar-refractivity contribution in [3.63, 3.8) is 0 Å². The molecule has 0 aliphatic carbocycles. The van der Waals surface area contributed by atoms with Gasteiger partial charge in [-0.25, -0.2) is 0 Å². The smallest absolute Gasteiger partial charge is 0.160 e. The molecule has 2 nitrogen and oxygen atoms in total. The average molecular weight is 389 g/mol. The summed E-state index contributed by atoms with van der Waals surface area (Å²) in [7, 11) is 0. The minimum atomic E-state index is -0.512. The zero-order valence-corrected chi connectivity index (χ0v) is 18.6. The Labute approximate surface area is 174 Å². The van der Waals surface area contributed by atoms with Gasteiger partial charge in [0.1, 0.15) is 0 Å². The lowest BCUT2D eigenvalue weighted by molar-refractivity contribution is 0.100. The summed E-state index contributed by atoms with van der Waals surface area (Å²) in [5.41, 5.74) is 1.45. The number of Topliss-reactive ketones (excluding diaryl/α,β-unsaturated/α-hetero) is 1. The molecule has 0 fully saturated rings. The van der Waals surface area contributed by atoms with Crippen LogP contribution in [0.15, 0.2) is 24.3 Å². The lowest BCUT2D eigenvalue weighted by Crippen LogP contribution is -2.05. The highest BCUT2D eigenvalue weighted by Crippen LogP contribution is 2.24. The zero-order valence-electron chi connectivity index (χ0n) is 18.6. The molecule has 1 unspecified atom stereocenters. The molecule has 1 aromatic carbocycles. The van der Waals surface area contributed by atoms with Crippen molar-refractivity contribution >= 4 is 5.78 Å². The minimum Gasteiger partial charge on any atom is -0.388 e. The Morgan fingerprint density at radius 3 is 1.64 bits per heavy atom. The highest BCUT2D eigenvalue weighted by molar-refractivity contribution is 5.95. The van der Waals surface area contributed by atoms with E-state index in [0.717, 1.165) is 18.4 Å². The van der Waals surface area contributed by atoms with E-state index in [2.05, 4.69) is 6.92 Å². The van der Waals surface area contributed by atoms with Crippen LogP contribution >= 0.6 is 0 Å². The summed E-state index contributed by atoms with van der Waals surface area (Å²) in [6.07, 6.45) is 20.5. The average Bonchev–Trinajstić information content (AvgIpc) is 2.70. The Morgan fingerprint density at radius 1 is 0.750 bits per heavy atom. The van der Waals surface area contributed by atoms with Crippen LogP contribution in [-0.2, 0) is 0 Å². The number of aliphatic hydroxyl groups is 1. The quantitative estimate of drug-likeness (QED) is 0.203. The van der Waals surface area contributed by atoms with Crippen LogP contribution in [0.3, 0.4) is 0 Å². The van der Waals surface area contributed by atoms with Gasteiger partial charge in [-0.15, -0.1) is 0 Å². The third-order valence-electron chi connectivity index (χ3n) is 5.78. The van der Waals surface area contributed by atoms with Crippen molar-refractivity contribution in [2.75, 3.05) is 0 Å². The summed E-state index contributed by atoms with van der Waals surface area (Å²) in [6.45, 7) is 3.85. The first kappa shape index (κ1) is 24.9. The topological polar surface area (TPSA) is 37.3 Å². The number of benzene rings is 1. The Morgan fingerprint density at radius 2 is 1.18 bits per heavy atom. The fourth-order valence-corrected chi connectivity index (χ4v) is 3.97. The third kappa shape index (κ3) is 11.6. The molecule has 0 spiro atoms. The molecule has 0 radical (unpaired) electrons. The van der Waals surface area contributed by atoms with Crippen molar-refractivity contribution in [1.82, 2.24) is 0 Å². The number of carbonyl (C=O) groups is 1. The Kier molecular flexibility index (Phi) is 14.9. The molecular weight excluding hydrogens is 344 g/mol. The van der Waals surface area contributed by atoms with Gasteiger partial charge in [0.25, 0.3) is 0 Å². The first-order valence-electron chi connectivity index (χ1n) is 11.9. The van der Waals surface area contributed by atoms with Crippen LogP contribution in [-0.4, -0.2) is 10.9 Å². The van der Waals surface area contributed by atoms with Crippen LogP contribution in [0.2, 0.25) is 0 Å². The number of aliphatic hydroxyl groups excluding tert-OH is 1. The second kappa shape index (κ2) is 16.8. The maximum absolute atomic E-state index is 11.7. The normalized spacial score (nSPS) is 12.2. The summed E-state index contributed by atoms with van der Waals surface area (Å²) in [4.78, 5) is 11.7. The Hall–Kier alpha value is -1.15. The fourth-order valence-electron chi connectivity index (χ4n) is 3.97. The maximum Gasteiger partial charge on any atom is 0.160 e. The van der Waals surface area contributed by atoms with Crippen molar-refractivity contribution in [3.8, 4) is 0 Å². The molecule has 0 aliphatic heterocycles. The van der Waals surface area contributed by atoms with Gasteiger partial charge in [-0.3, -0.25) is 4.79 Å². The summed E-state index contributed by atoms with van der Waals surface area (Å²) >= 11 is 0. The molecule has 28 heavy (non-hydrogen) atoms. The lowest BCUT2D eigenvalue weighted by atomic mass is 9.96. The minimum absolute atomic E-state index is 0.0335. The molecule has 0 heterocycles. The van der Waals surface area contributed by atoms with E-state index in [0.29, 0.717) is 5.56 Å². The van der Waals surface area contributed by atoms with E-state index < -0.39 is 6.10 Å². The second-order valence-corrected chi connectivity index (χ2v) is 8.40. The number of rotatable bonds is 18. The summed E-state index contributed by atoms with van der Waals surface area (Å²) in [6, 6.07) is 7.46. The van der Waals surface area contributed by atoms with Crippen molar-refractivity contribution < 1.29 is 9.90 Å². The van der Waals surface area contributed by atoms with Gasteiger partial charge in [0.15, 0.2) is 5.78 Å². The molecular formula is C26H44O2. The van der Waals surface area contributed by atoms with E-state index in [1.807, 2.05) is 24.3 Å². The maximum atomic E-state index is 11.7. The number of hydrogen-bond donors (Lipinski definition) is 1. The molecule has 1 aromatic rings. The van der Waals surface area contributed by atoms with Crippen molar-refractivity contribution in [2.24, 2.45) is 0 Å². The standard InChI is InChI=1S/C26H44O2/c1-3-4-5-6-7-8-9-10-11-12-13-14-15-16-17-22-26(28)25-21-19-18-20-24(25)23(2)27/h18-21,26,28H,3-17,22H2,1-2H3. The van der Waals surface area contributed by atoms with Gasteiger partial charge in [0, 0.05) is 5.56 Å². The number of unbranched alkanes of at least 4 members (excludes halogenated alkanes) is 14. The van der Waals surface area contributed by atoms with Crippen LogP contribution < -0.4 is 0 Å². The van der Waals surface area contributed by atoms with Gasteiger partial charge in [0.05, 0.1) is 6.10 Å². The highest BCUT2D eigenvalue weighted by atomic mass is 16.3. The molecule has 0 aliphatic rings. The fraction of sp³-hybridized carbons (Fsp3) is 0.731. The van der Waals surface area contributed by atoms with Gasteiger partial charge in [-0.2, -0.15) is 0 Å². The predicted octanol–water partition coefficient (Wildman–Crippen LogP) is 8.18. The Balaban J connectivity index is 1.94. The molecule has 0 amide bonds. The van der Waals surface area contributed by atoms with Gasteiger partial charge in [-0.1, -0.05) is 128 Å². The summed E-state index contributed by atoms with van der Waals surface area (Å²) in [5.74, 6) is 0.0335. The predicted molar refractivity (Wildman–Crippen MR) is 121 cm³/mol. The van der Waals surface area contributed by atoms with Gasteiger partial charge in [0.2, 0.25) is 0 Å². The molecule has 1 rings (SSSR count). The SMILES string of the molecule is CCCCCCCCCCCCCCCCCC(O)c1ccccc1C(C)=O. The monoisotopic (exact) mass is 388 g/mol. The summed E-state index contributed by atoms with van der Waals surface area (Å²) in [5, 5.41) is 10.4. The first-order chi connectivity index (χ1) is 13.7. The molecule has 1 atom stereocenters. The summed E-state index contributed by atoms with van der Waals surface area (Å²) < 4.78 is 0. The second-order valence-electron chi connectivity index (χ2n) is 8.40. The van der Waals surface area contributed by atoms with E-state index in [1.165, 1.54) is 89.9 Å². The number of ketones is 1. The molecule has 0 aromatic heterocycles. The van der Waals surface area contributed by atoms with E-state index in [9.17, 15) is 9.90 Å².